The van der Waals surface area contributed by atoms with E-state index in [-0.39, 0.29) is 15.6 Å². The molecule has 3 nitrogen and oxygen atoms in total. The van der Waals surface area contributed by atoms with Gasteiger partial charge in [-0.05, 0) is 18.2 Å². The summed E-state index contributed by atoms with van der Waals surface area (Å²) in [5.41, 5.74) is 3.24. The Morgan fingerprint density at radius 1 is 0.750 bits per heavy atom. The first-order valence-electron chi connectivity index (χ1n) is 8.45. The minimum Gasteiger partial charge on any atom is -0.267 e. The maximum atomic E-state index is 13.3. The molecule has 1 aromatic heterocycles. The van der Waals surface area contributed by atoms with Crippen LogP contribution in [0.15, 0.2) is 78.9 Å². The van der Waals surface area contributed by atoms with Crippen LogP contribution in [-0.2, 0) is 0 Å². The Hall–Kier alpha value is -2.59. The smallest absolute Gasteiger partial charge is 0.267 e. The highest BCUT2D eigenvalue weighted by Crippen LogP contribution is 2.32. The second kappa shape index (κ2) is 7.80. The Balaban J connectivity index is 1.91. The second-order valence-electron chi connectivity index (χ2n) is 6.11. The molecule has 0 aliphatic carbocycles. The van der Waals surface area contributed by atoms with Gasteiger partial charge in [0.1, 0.15) is 0 Å². The van der Waals surface area contributed by atoms with Gasteiger partial charge in [-0.25, -0.2) is 0 Å². The van der Waals surface area contributed by atoms with E-state index in [0.29, 0.717) is 16.4 Å². The summed E-state index contributed by atoms with van der Waals surface area (Å²) in [6.45, 7) is 0. The van der Waals surface area contributed by atoms with Crippen LogP contribution in [0.1, 0.15) is 10.4 Å². The monoisotopic (exact) mass is 426 g/mol. The Kier molecular flexibility index (Phi) is 5.23. The van der Waals surface area contributed by atoms with Crippen LogP contribution < -0.4 is 0 Å². The molecule has 1 heterocycles. The first-order valence-corrected chi connectivity index (χ1v) is 9.58. The molecular weight excluding hydrogens is 415 g/mol. The molecule has 0 unspecified atom stereocenters. The van der Waals surface area contributed by atoms with Crippen LogP contribution >= 0.6 is 34.8 Å². The third-order valence-corrected chi connectivity index (χ3v) is 5.08. The Labute approximate surface area is 177 Å². The van der Waals surface area contributed by atoms with Gasteiger partial charge in [0.2, 0.25) is 0 Å². The molecule has 0 atom stereocenters. The zero-order valence-corrected chi connectivity index (χ0v) is 16.7. The Morgan fingerprint density at radius 2 is 1.29 bits per heavy atom. The molecule has 0 aliphatic heterocycles. The highest BCUT2D eigenvalue weighted by Gasteiger charge is 2.23. The largest absolute Gasteiger partial charge is 0.281 e. The van der Waals surface area contributed by atoms with E-state index in [4.69, 9.17) is 34.8 Å². The Bertz CT molecular complexity index is 1130. The lowest BCUT2D eigenvalue weighted by molar-refractivity contribution is 0.0948. The van der Waals surface area contributed by atoms with E-state index in [1.54, 1.807) is 0 Å². The van der Waals surface area contributed by atoms with Crippen molar-refractivity contribution in [3.05, 3.63) is 99.5 Å². The van der Waals surface area contributed by atoms with Crippen molar-refractivity contribution in [2.45, 2.75) is 0 Å². The van der Waals surface area contributed by atoms with E-state index in [0.717, 1.165) is 11.1 Å². The first kappa shape index (κ1) is 18.8. The van der Waals surface area contributed by atoms with Gasteiger partial charge in [-0.3, -0.25) is 4.79 Å². The quantitative estimate of drug-likeness (QED) is 0.358. The predicted molar refractivity (Wildman–Crippen MR) is 114 cm³/mol. The molecule has 138 valence electrons. The molecular formula is C22H13Cl3N2O. The van der Waals surface area contributed by atoms with Gasteiger partial charge in [-0.2, -0.15) is 9.78 Å². The van der Waals surface area contributed by atoms with E-state index >= 15 is 0 Å². The molecule has 0 amide bonds. The molecule has 4 aromatic rings. The van der Waals surface area contributed by atoms with Gasteiger partial charge in [-0.1, -0.05) is 95.5 Å². The third kappa shape index (κ3) is 3.57. The summed E-state index contributed by atoms with van der Waals surface area (Å²) in [4.78, 5) is 13.3. The number of carbonyl (C=O) groups is 1. The fourth-order valence-corrected chi connectivity index (χ4v) is 3.93. The van der Waals surface area contributed by atoms with Crippen LogP contribution in [0.4, 0.5) is 0 Å². The number of hydrogen-bond donors (Lipinski definition) is 0. The average Bonchev–Trinajstić information content (AvgIpc) is 3.14. The normalized spacial score (nSPS) is 10.8. The van der Waals surface area contributed by atoms with E-state index in [9.17, 15) is 4.79 Å². The minimum atomic E-state index is -0.423. The number of carbonyl (C=O) groups excluding carboxylic acids is 1. The summed E-state index contributed by atoms with van der Waals surface area (Å²) < 4.78 is 1.33. The molecule has 0 spiro atoms. The van der Waals surface area contributed by atoms with Crippen molar-refractivity contribution >= 4 is 40.7 Å². The summed E-state index contributed by atoms with van der Waals surface area (Å²) >= 11 is 18.5. The molecule has 28 heavy (non-hydrogen) atoms. The number of hydrogen-bond acceptors (Lipinski definition) is 2. The summed E-state index contributed by atoms with van der Waals surface area (Å²) in [5, 5.41) is 5.27. The average molecular weight is 428 g/mol. The Morgan fingerprint density at radius 3 is 1.86 bits per heavy atom. The van der Waals surface area contributed by atoms with Crippen molar-refractivity contribution in [2.24, 2.45) is 0 Å². The fourth-order valence-electron chi connectivity index (χ4n) is 2.95. The second-order valence-corrected chi connectivity index (χ2v) is 7.36. The van der Waals surface area contributed by atoms with Crippen LogP contribution in [-0.4, -0.2) is 15.7 Å². The fraction of sp³-hybridized carbons (Fsp3) is 0. The number of halogens is 3. The van der Waals surface area contributed by atoms with Crippen molar-refractivity contribution in [3.8, 4) is 22.5 Å². The van der Waals surface area contributed by atoms with Crippen molar-refractivity contribution in [1.29, 1.82) is 0 Å². The lowest BCUT2D eigenvalue weighted by Gasteiger charge is -2.10. The number of benzene rings is 3. The van der Waals surface area contributed by atoms with Gasteiger partial charge in [0.15, 0.2) is 0 Å². The molecule has 0 radical (unpaired) electrons. The van der Waals surface area contributed by atoms with Gasteiger partial charge < -0.3 is 0 Å². The zero-order chi connectivity index (χ0) is 19.7. The summed E-state index contributed by atoms with van der Waals surface area (Å²) in [7, 11) is 0. The van der Waals surface area contributed by atoms with Crippen LogP contribution in [0.3, 0.4) is 0 Å². The summed E-state index contributed by atoms with van der Waals surface area (Å²) in [6.07, 6.45) is 0. The zero-order valence-electron chi connectivity index (χ0n) is 14.4. The molecule has 3 aromatic carbocycles. The van der Waals surface area contributed by atoms with E-state index < -0.39 is 5.91 Å². The predicted octanol–water partition coefficient (Wildman–Crippen LogP) is 6.87. The van der Waals surface area contributed by atoms with Crippen LogP contribution in [0, 0.1) is 0 Å². The number of nitrogens with zero attached hydrogens (tertiary/aromatic N) is 2. The lowest BCUT2D eigenvalue weighted by Crippen LogP contribution is -2.16. The molecule has 4 rings (SSSR count). The third-order valence-electron chi connectivity index (χ3n) is 4.26. The minimum absolute atomic E-state index is 0.160. The van der Waals surface area contributed by atoms with E-state index in [2.05, 4.69) is 5.10 Å². The standard InChI is InChI=1S/C22H13Cl3N2O/c23-16-11-17(24)21(18(25)12-16)22(28)27-20(15-9-5-2-6-10-15)13-19(26-27)14-7-3-1-4-8-14/h1-13H. The van der Waals surface area contributed by atoms with Gasteiger partial charge in [-0.15, -0.1) is 0 Å². The van der Waals surface area contributed by atoms with Crippen molar-refractivity contribution in [1.82, 2.24) is 9.78 Å². The maximum absolute atomic E-state index is 13.3. The molecule has 0 bridgehead atoms. The molecule has 0 fully saturated rings. The first-order chi connectivity index (χ1) is 13.5. The molecule has 6 heteroatoms. The van der Waals surface area contributed by atoms with Crippen LogP contribution in [0.25, 0.3) is 22.5 Å². The van der Waals surface area contributed by atoms with Gasteiger partial charge in [0, 0.05) is 16.1 Å². The van der Waals surface area contributed by atoms with Crippen molar-refractivity contribution < 1.29 is 4.79 Å². The van der Waals surface area contributed by atoms with E-state index in [1.807, 2.05) is 66.7 Å². The van der Waals surface area contributed by atoms with Gasteiger partial charge >= 0.3 is 0 Å². The van der Waals surface area contributed by atoms with E-state index in [1.165, 1.54) is 16.8 Å². The molecule has 0 N–H and O–H groups in total. The molecule has 0 saturated carbocycles. The summed E-state index contributed by atoms with van der Waals surface area (Å²) in [5.74, 6) is -0.423. The highest BCUT2D eigenvalue weighted by molar-refractivity contribution is 6.42. The van der Waals surface area contributed by atoms with Crippen molar-refractivity contribution in [3.63, 3.8) is 0 Å². The lowest BCUT2D eigenvalue weighted by atomic mass is 10.1. The number of aromatic nitrogens is 2. The molecule has 0 aliphatic rings. The summed E-state index contributed by atoms with van der Waals surface area (Å²) in [6, 6.07) is 24.1. The topological polar surface area (TPSA) is 34.9 Å². The highest BCUT2D eigenvalue weighted by atomic mass is 35.5. The molecule has 0 saturated heterocycles. The number of rotatable bonds is 3. The SMILES string of the molecule is O=C(c1c(Cl)cc(Cl)cc1Cl)n1nc(-c2ccccc2)cc1-c1ccccc1. The van der Waals surface area contributed by atoms with Gasteiger partial charge in [0.05, 0.1) is 27.0 Å². The van der Waals surface area contributed by atoms with Crippen molar-refractivity contribution in [2.75, 3.05) is 0 Å². The van der Waals surface area contributed by atoms with Crippen LogP contribution in [0.2, 0.25) is 15.1 Å². The maximum Gasteiger partial charge on any atom is 0.281 e. The van der Waals surface area contributed by atoms with Crippen LogP contribution in [0.5, 0.6) is 0 Å². The van der Waals surface area contributed by atoms with Gasteiger partial charge in [0.25, 0.3) is 5.91 Å².